The summed E-state index contributed by atoms with van der Waals surface area (Å²) in [4.78, 5) is 24.9. The van der Waals surface area contributed by atoms with Gasteiger partial charge in [0.1, 0.15) is 27.5 Å². The monoisotopic (exact) mass is 660 g/mol. The molecule has 15 heteroatoms. The van der Waals surface area contributed by atoms with Crippen molar-refractivity contribution in [1.82, 2.24) is 14.7 Å². The van der Waals surface area contributed by atoms with E-state index in [-0.39, 0.29) is 56.8 Å². The molecule has 1 saturated heterocycles. The Morgan fingerprint density at radius 3 is 1.80 bits per heavy atom. The summed E-state index contributed by atoms with van der Waals surface area (Å²) in [5.41, 5.74) is 2.00. The summed E-state index contributed by atoms with van der Waals surface area (Å²) in [7, 11) is -5.36. The summed E-state index contributed by atoms with van der Waals surface area (Å²) in [6.45, 7) is 11.8. The first-order valence-electron chi connectivity index (χ1n) is 13.4. The minimum atomic E-state index is -4.45. The van der Waals surface area contributed by atoms with E-state index in [4.69, 9.17) is 4.55 Å². The number of para-hydroxylation sites is 1. The molecular weight excluding hydrogens is 619 g/mol. The Labute approximate surface area is 282 Å². The molecule has 0 radical (unpaired) electrons. The van der Waals surface area contributed by atoms with Crippen LogP contribution in [0.3, 0.4) is 0 Å². The molecule has 4 rings (SSSR count). The molecule has 44 heavy (non-hydrogen) atoms. The molecule has 12 nitrogen and oxygen atoms in total. The molecule has 0 bridgehead atoms. The summed E-state index contributed by atoms with van der Waals surface area (Å²) in [5, 5.41) is 3.44. The van der Waals surface area contributed by atoms with Crippen LogP contribution in [0.25, 0.3) is 5.69 Å². The van der Waals surface area contributed by atoms with Gasteiger partial charge in [-0.25, -0.2) is 13.1 Å². The molecule has 2 heterocycles. The van der Waals surface area contributed by atoms with E-state index >= 15 is 0 Å². The van der Waals surface area contributed by atoms with Crippen molar-refractivity contribution in [3.8, 4) is 5.69 Å². The van der Waals surface area contributed by atoms with Gasteiger partial charge in [0.05, 0.1) is 16.3 Å². The fourth-order valence-corrected chi connectivity index (χ4v) is 6.14. The van der Waals surface area contributed by atoms with Gasteiger partial charge in [-0.1, -0.05) is 35.9 Å². The molecule has 1 fully saturated rings. The van der Waals surface area contributed by atoms with Crippen molar-refractivity contribution in [2.75, 3.05) is 17.8 Å². The maximum absolute atomic E-state index is 12.5. The maximum Gasteiger partial charge on any atom is 1.00 e. The zero-order chi connectivity index (χ0) is 33.0. The Bertz CT molecular complexity index is 1680. The maximum atomic E-state index is 12.5. The van der Waals surface area contributed by atoms with Crippen molar-refractivity contribution >= 4 is 31.7 Å². The first-order chi connectivity index (χ1) is 19.5. The molecule has 0 atom stereocenters. The fourth-order valence-electron chi connectivity index (χ4n) is 5.06. The van der Waals surface area contributed by atoms with Gasteiger partial charge in [-0.2, -0.15) is 8.42 Å². The molecular formula is C29H41N4NaO8S2. The number of piperidine rings is 1. The molecule has 2 N–H and O–H groups in total. The van der Waals surface area contributed by atoms with Gasteiger partial charge >= 0.3 is 29.6 Å². The van der Waals surface area contributed by atoms with E-state index in [0.29, 0.717) is 30.0 Å². The number of aromatic nitrogens is 2. The number of nitrogens with zero attached hydrogens (tertiary/aromatic N) is 3. The average Bonchev–Trinajstić information content (AvgIpc) is 3.04. The molecule has 3 aromatic rings. The molecule has 0 spiro atoms. The number of Topliss-reactive ketones (excluding diaryl/α,β-unsaturated/α-hetero) is 1. The van der Waals surface area contributed by atoms with Gasteiger partial charge in [-0.15, -0.1) is 0 Å². The van der Waals surface area contributed by atoms with Crippen LogP contribution in [0.15, 0.2) is 64.3 Å². The second kappa shape index (κ2) is 15.3. The first-order valence-corrected chi connectivity index (χ1v) is 16.4. The summed E-state index contributed by atoms with van der Waals surface area (Å²) < 4.78 is 65.3. The van der Waals surface area contributed by atoms with Crippen molar-refractivity contribution in [2.45, 2.75) is 70.4 Å². The summed E-state index contributed by atoms with van der Waals surface area (Å²) in [6, 6.07) is 15.0. The Kier molecular flexibility index (Phi) is 13.8. The summed E-state index contributed by atoms with van der Waals surface area (Å²) in [5.74, 6) is -0.374. The Balaban J connectivity index is 0.000000357. The number of hydrogen-bond acceptors (Lipinski definition) is 9. The number of aryl methyl sites for hydroxylation is 1. The summed E-state index contributed by atoms with van der Waals surface area (Å²) in [6.07, 6.45) is 1.33. The molecule has 238 valence electrons. The molecule has 0 unspecified atom stereocenters. The summed E-state index contributed by atoms with van der Waals surface area (Å²) >= 11 is 0. The van der Waals surface area contributed by atoms with E-state index in [1.807, 2.05) is 13.0 Å². The Morgan fingerprint density at radius 1 is 0.909 bits per heavy atom. The van der Waals surface area contributed by atoms with Gasteiger partial charge < -0.3 is 14.8 Å². The molecule has 0 amide bonds. The standard InChI is InChI=1S/C13H17N3O4S.C9H17NO.C7H8O3S.Na/c1-10-12(14(2)9-21(18,19)20)13(17)16(15(10)3)11-7-5-4-6-8-11;1-8(2)5-7(11)6-9(3,4)10-8;1-6-2-4-7(5-3-6)11(8,9)10;/h4-8H,9H2,1-3H3,(H,18,19,20);10H,5-6H2,1-4H3;2-5H,1H3,(H,8,9,10);/q;;;+1/p-1. The number of carbonyl (C=O) groups excluding carboxylic acids is 1. The third-order valence-corrected chi connectivity index (χ3v) is 8.10. The number of benzene rings is 2. The van der Waals surface area contributed by atoms with E-state index in [9.17, 15) is 31.0 Å². The second-order valence-electron chi connectivity index (χ2n) is 11.9. The van der Waals surface area contributed by atoms with Crippen LogP contribution >= 0.6 is 0 Å². The number of rotatable bonds is 5. The number of anilines is 1. The second-order valence-corrected chi connectivity index (χ2v) is 14.7. The zero-order valence-electron chi connectivity index (χ0n) is 26.8. The van der Waals surface area contributed by atoms with Gasteiger partial charge in [-0.05, 0) is 65.8 Å². The zero-order valence-corrected chi connectivity index (χ0v) is 30.4. The molecule has 1 aromatic heterocycles. The van der Waals surface area contributed by atoms with Crippen LogP contribution in [-0.2, 0) is 32.1 Å². The van der Waals surface area contributed by atoms with Gasteiger partial charge in [0.15, 0.2) is 0 Å². The van der Waals surface area contributed by atoms with Crippen LogP contribution in [-0.4, -0.2) is 65.1 Å². The molecule has 1 aliphatic rings. The van der Waals surface area contributed by atoms with E-state index < -0.39 is 26.1 Å². The minimum Gasteiger partial charge on any atom is -0.747 e. The van der Waals surface area contributed by atoms with Crippen molar-refractivity contribution in [2.24, 2.45) is 7.05 Å². The van der Waals surface area contributed by atoms with Gasteiger partial charge in [0.25, 0.3) is 15.7 Å². The topological polar surface area (TPSA) is 171 Å². The van der Waals surface area contributed by atoms with Crippen LogP contribution in [0.5, 0.6) is 0 Å². The van der Waals surface area contributed by atoms with Gasteiger partial charge in [0, 0.05) is 38.0 Å². The third-order valence-electron chi connectivity index (χ3n) is 6.53. The molecule has 2 aromatic carbocycles. The average molecular weight is 661 g/mol. The quantitative estimate of drug-likeness (QED) is 0.284. The molecule has 1 aliphatic heterocycles. The van der Waals surface area contributed by atoms with Crippen molar-refractivity contribution in [3.63, 3.8) is 0 Å². The predicted octanol–water partition coefficient (Wildman–Crippen LogP) is 0.165. The van der Waals surface area contributed by atoms with Crippen molar-refractivity contribution < 1.29 is 60.3 Å². The van der Waals surface area contributed by atoms with Crippen molar-refractivity contribution in [1.29, 1.82) is 0 Å². The Morgan fingerprint density at radius 2 is 1.39 bits per heavy atom. The van der Waals surface area contributed by atoms with Crippen LogP contribution in [0, 0.1) is 13.8 Å². The van der Waals surface area contributed by atoms with Crippen LogP contribution < -0.4 is 45.3 Å². The Hall–Kier alpha value is -2.30. The van der Waals surface area contributed by atoms with Gasteiger partial charge in [0.2, 0.25) is 0 Å². The number of ketones is 1. The van der Waals surface area contributed by atoms with Crippen molar-refractivity contribution in [3.05, 3.63) is 76.2 Å². The normalized spacial score (nSPS) is 15.5. The molecule has 0 aliphatic carbocycles. The SMILES string of the molecule is CC1(C)CC(=O)CC(C)(C)N1.Cc1c(N(C)CS(=O)(=O)[O-])c(=O)n(-c2ccccc2)n1C.Cc1ccc(S(=O)(=O)O)cc1.[Na+]. The predicted molar refractivity (Wildman–Crippen MR) is 165 cm³/mol. The minimum absolute atomic E-state index is 0. The van der Waals surface area contributed by atoms with E-state index in [0.717, 1.165) is 5.56 Å². The van der Waals surface area contributed by atoms with E-state index in [1.165, 1.54) is 28.8 Å². The molecule has 0 saturated carbocycles. The number of carbonyl (C=O) groups is 1. The van der Waals surface area contributed by atoms with E-state index in [2.05, 4.69) is 33.0 Å². The largest absolute Gasteiger partial charge is 1.00 e. The first kappa shape index (κ1) is 39.7. The smallest absolute Gasteiger partial charge is 0.747 e. The fraction of sp³-hybridized carbons (Fsp3) is 0.448. The van der Waals surface area contributed by atoms with Gasteiger partial charge in [-0.3, -0.25) is 18.8 Å². The van der Waals surface area contributed by atoms with E-state index in [1.54, 1.807) is 55.1 Å². The third kappa shape index (κ3) is 11.9. The van der Waals surface area contributed by atoms with Crippen LogP contribution in [0.1, 0.15) is 51.8 Å². The van der Waals surface area contributed by atoms with Crippen LogP contribution in [0.4, 0.5) is 5.69 Å². The van der Waals surface area contributed by atoms with Crippen LogP contribution in [0.2, 0.25) is 0 Å². The number of nitrogens with one attached hydrogen (secondary N) is 1. The number of hydrogen-bond donors (Lipinski definition) is 2.